The molecular weight excluding hydrogens is 252 g/mol. The average molecular weight is 274 g/mol. The number of likely N-dealkylation sites (tertiary alicyclic amines) is 1. The lowest BCUT2D eigenvalue weighted by molar-refractivity contribution is 0.0387. The summed E-state index contributed by atoms with van der Waals surface area (Å²) in [7, 11) is 1.57. The Morgan fingerprint density at radius 2 is 2.10 bits per heavy atom. The van der Waals surface area contributed by atoms with Gasteiger partial charge in [0.15, 0.2) is 0 Å². The molecule has 3 rings (SSSR count). The van der Waals surface area contributed by atoms with Gasteiger partial charge in [-0.3, -0.25) is 4.79 Å². The Morgan fingerprint density at radius 3 is 2.95 bits per heavy atom. The minimum atomic E-state index is 0.0894. The monoisotopic (exact) mass is 274 g/mol. The summed E-state index contributed by atoms with van der Waals surface area (Å²) in [5.41, 5.74) is 0.598. The van der Waals surface area contributed by atoms with Crippen LogP contribution in [0.3, 0.4) is 0 Å². The third kappa shape index (κ3) is 2.39. The van der Waals surface area contributed by atoms with E-state index in [1.807, 2.05) is 6.07 Å². The van der Waals surface area contributed by atoms with E-state index in [9.17, 15) is 4.79 Å². The highest BCUT2D eigenvalue weighted by Crippen LogP contribution is 2.36. The molecule has 1 saturated carbocycles. The van der Waals surface area contributed by atoms with Crippen LogP contribution in [-0.2, 0) is 0 Å². The van der Waals surface area contributed by atoms with Crippen LogP contribution in [0.2, 0.25) is 0 Å². The highest BCUT2D eigenvalue weighted by atomic mass is 16.5. The number of carbonyl (C=O) groups excluding carboxylic acids is 1. The maximum Gasteiger partial charge on any atom is 0.259 e. The molecule has 1 aromatic heterocycles. The molecule has 1 saturated heterocycles. The van der Waals surface area contributed by atoms with Crippen LogP contribution in [0.25, 0.3) is 0 Å². The van der Waals surface area contributed by atoms with Crippen LogP contribution in [0.15, 0.2) is 18.3 Å². The van der Waals surface area contributed by atoms with E-state index in [0.717, 1.165) is 19.4 Å². The van der Waals surface area contributed by atoms with E-state index in [1.165, 1.54) is 25.7 Å². The number of nitrogens with zero attached hydrogens (tertiary/aromatic N) is 2. The first kappa shape index (κ1) is 13.4. The van der Waals surface area contributed by atoms with E-state index in [4.69, 9.17) is 4.74 Å². The Kier molecular flexibility index (Phi) is 3.90. The summed E-state index contributed by atoms with van der Waals surface area (Å²) < 4.78 is 5.23. The highest BCUT2D eigenvalue weighted by molar-refractivity contribution is 5.96. The summed E-state index contributed by atoms with van der Waals surface area (Å²) in [6, 6.07) is 4.05. The number of ether oxygens (including phenoxy) is 1. The molecule has 20 heavy (non-hydrogen) atoms. The normalized spacial score (nSPS) is 25.9. The number of carbonyl (C=O) groups is 1. The van der Waals surface area contributed by atoms with Crippen LogP contribution in [0.1, 0.15) is 48.9 Å². The van der Waals surface area contributed by atoms with E-state index in [-0.39, 0.29) is 5.91 Å². The zero-order valence-electron chi connectivity index (χ0n) is 12.0. The Balaban J connectivity index is 1.85. The average Bonchev–Trinajstić information content (AvgIpc) is 2.53. The third-order valence-corrected chi connectivity index (χ3v) is 4.70. The smallest absolute Gasteiger partial charge is 0.259 e. The van der Waals surface area contributed by atoms with Crippen molar-refractivity contribution < 1.29 is 9.53 Å². The maximum atomic E-state index is 12.8. The molecular formula is C16H22N2O2. The first-order chi connectivity index (χ1) is 9.81. The van der Waals surface area contributed by atoms with Crippen molar-refractivity contribution in [2.75, 3.05) is 13.7 Å². The second kappa shape index (κ2) is 5.81. The van der Waals surface area contributed by atoms with Gasteiger partial charge in [0.25, 0.3) is 5.91 Å². The van der Waals surface area contributed by atoms with Gasteiger partial charge < -0.3 is 9.64 Å². The first-order valence-corrected chi connectivity index (χ1v) is 7.61. The standard InChI is InChI=1S/C16H22N2O2/c1-20-15-13(8-4-10-17-15)16(19)18-11-5-7-12-6-2-3-9-14(12)18/h4,8,10,12,14H,2-3,5-7,9,11H2,1H3. The number of piperidine rings is 1. The van der Waals surface area contributed by atoms with E-state index < -0.39 is 0 Å². The van der Waals surface area contributed by atoms with Crippen LogP contribution in [0, 0.1) is 5.92 Å². The Bertz CT molecular complexity index is 487. The van der Waals surface area contributed by atoms with Crippen LogP contribution >= 0.6 is 0 Å². The molecule has 1 aromatic rings. The lowest BCUT2D eigenvalue weighted by Gasteiger charge is -2.44. The number of amides is 1. The van der Waals surface area contributed by atoms with Gasteiger partial charge in [0.1, 0.15) is 5.56 Å². The lowest BCUT2D eigenvalue weighted by atomic mass is 9.78. The maximum absolute atomic E-state index is 12.8. The quantitative estimate of drug-likeness (QED) is 0.832. The zero-order chi connectivity index (χ0) is 13.9. The predicted octanol–water partition coefficient (Wildman–Crippen LogP) is 2.89. The SMILES string of the molecule is COc1ncccc1C(=O)N1CCCC2CCCCC21. The summed E-state index contributed by atoms with van der Waals surface area (Å²) in [6.07, 6.45) is 9.05. The molecule has 1 aliphatic heterocycles. The molecule has 0 N–H and O–H groups in total. The van der Waals surface area contributed by atoms with Crippen LogP contribution in [0.5, 0.6) is 5.88 Å². The largest absolute Gasteiger partial charge is 0.480 e. The third-order valence-electron chi connectivity index (χ3n) is 4.70. The van der Waals surface area contributed by atoms with Gasteiger partial charge in [0, 0.05) is 18.8 Å². The number of aromatic nitrogens is 1. The molecule has 4 nitrogen and oxygen atoms in total. The molecule has 4 heteroatoms. The van der Waals surface area contributed by atoms with Crippen LogP contribution < -0.4 is 4.74 Å². The van der Waals surface area contributed by atoms with Gasteiger partial charge in [-0.05, 0) is 43.7 Å². The number of pyridine rings is 1. The number of rotatable bonds is 2. The van der Waals surface area contributed by atoms with Crippen molar-refractivity contribution in [3.63, 3.8) is 0 Å². The molecule has 0 spiro atoms. The molecule has 0 bridgehead atoms. The van der Waals surface area contributed by atoms with Crippen molar-refractivity contribution >= 4 is 5.91 Å². The van der Waals surface area contributed by atoms with Crippen molar-refractivity contribution in [3.05, 3.63) is 23.9 Å². The number of methoxy groups -OCH3 is 1. The Morgan fingerprint density at radius 1 is 1.30 bits per heavy atom. The van der Waals surface area contributed by atoms with Gasteiger partial charge >= 0.3 is 0 Å². The molecule has 2 atom stereocenters. The fraction of sp³-hybridized carbons (Fsp3) is 0.625. The van der Waals surface area contributed by atoms with E-state index in [1.54, 1.807) is 19.4 Å². The van der Waals surface area contributed by atoms with Gasteiger partial charge in [-0.25, -0.2) is 4.98 Å². The molecule has 2 unspecified atom stereocenters. The van der Waals surface area contributed by atoms with Gasteiger partial charge in [-0.1, -0.05) is 12.8 Å². The summed E-state index contributed by atoms with van der Waals surface area (Å²) >= 11 is 0. The van der Waals surface area contributed by atoms with Gasteiger partial charge in [-0.2, -0.15) is 0 Å². The predicted molar refractivity (Wildman–Crippen MR) is 76.8 cm³/mol. The molecule has 2 fully saturated rings. The Hall–Kier alpha value is -1.58. The molecule has 108 valence electrons. The molecule has 2 heterocycles. The molecule has 2 aliphatic rings. The van der Waals surface area contributed by atoms with Crippen molar-refractivity contribution in [3.8, 4) is 5.88 Å². The van der Waals surface area contributed by atoms with Gasteiger partial charge in [-0.15, -0.1) is 0 Å². The van der Waals surface area contributed by atoms with E-state index in [0.29, 0.717) is 23.4 Å². The number of hydrogen-bond acceptors (Lipinski definition) is 3. The topological polar surface area (TPSA) is 42.4 Å². The van der Waals surface area contributed by atoms with Gasteiger partial charge in [0.05, 0.1) is 7.11 Å². The van der Waals surface area contributed by atoms with Gasteiger partial charge in [0.2, 0.25) is 5.88 Å². The molecule has 1 aliphatic carbocycles. The van der Waals surface area contributed by atoms with Crippen LogP contribution in [-0.4, -0.2) is 35.5 Å². The van der Waals surface area contributed by atoms with Crippen molar-refractivity contribution in [1.82, 2.24) is 9.88 Å². The molecule has 0 aromatic carbocycles. The molecule has 1 amide bonds. The second-order valence-electron chi connectivity index (χ2n) is 5.81. The van der Waals surface area contributed by atoms with Crippen LogP contribution in [0.4, 0.5) is 0 Å². The number of fused-ring (bicyclic) bond motifs is 1. The number of hydrogen-bond donors (Lipinski definition) is 0. The Labute approximate surface area is 120 Å². The fourth-order valence-electron chi connectivity index (χ4n) is 3.75. The van der Waals surface area contributed by atoms with Crippen molar-refractivity contribution in [2.45, 2.75) is 44.6 Å². The van der Waals surface area contributed by atoms with E-state index >= 15 is 0 Å². The minimum absolute atomic E-state index is 0.0894. The van der Waals surface area contributed by atoms with Crippen molar-refractivity contribution in [2.24, 2.45) is 5.92 Å². The summed E-state index contributed by atoms with van der Waals surface area (Å²) in [4.78, 5) is 19.1. The first-order valence-electron chi connectivity index (χ1n) is 7.61. The summed E-state index contributed by atoms with van der Waals surface area (Å²) in [5, 5.41) is 0. The van der Waals surface area contributed by atoms with E-state index in [2.05, 4.69) is 9.88 Å². The summed E-state index contributed by atoms with van der Waals surface area (Å²) in [6.45, 7) is 0.873. The highest BCUT2D eigenvalue weighted by Gasteiger charge is 2.36. The zero-order valence-corrected chi connectivity index (χ0v) is 12.0. The lowest BCUT2D eigenvalue weighted by Crippen LogP contribution is -2.49. The summed E-state index contributed by atoms with van der Waals surface area (Å²) in [5.74, 6) is 1.23. The minimum Gasteiger partial charge on any atom is -0.480 e. The molecule has 0 radical (unpaired) electrons. The second-order valence-corrected chi connectivity index (χ2v) is 5.81. The van der Waals surface area contributed by atoms with Crippen molar-refractivity contribution in [1.29, 1.82) is 0 Å². The fourth-order valence-corrected chi connectivity index (χ4v) is 3.75.